The standard InChI is InChI=1S/C16H22ClNO2S/c1-20-16(7-9-21-10-8-16)12-18-15(19)6-5-13-3-2-4-14(17)11-13/h2-4,11H,5-10,12H2,1H3,(H,18,19). The van der Waals surface area contributed by atoms with Crippen molar-refractivity contribution in [3.05, 3.63) is 34.9 Å². The summed E-state index contributed by atoms with van der Waals surface area (Å²) in [5.41, 5.74) is 0.921. The van der Waals surface area contributed by atoms with Gasteiger partial charge in [0.15, 0.2) is 0 Å². The van der Waals surface area contributed by atoms with E-state index >= 15 is 0 Å². The highest BCUT2D eigenvalue weighted by atomic mass is 35.5. The monoisotopic (exact) mass is 327 g/mol. The first kappa shape index (κ1) is 16.7. The quantitative estimate of drug-likeness (QED) is 0.871. The van der Waals surface area contributed by atoms with Gasteiger partial charge in [-0.05, 0) is 48.5 Å². The highest BCUT2D eigenvalue weighted by Gasteiger charge is 2.32. The van der Waals surface area contributed by atoms with Crippen LogP contribution in [0.5, 0.6) is 0 Å². The van der Waals surface area contributed by atoms with Crippen LogP contribution in [0.15, 0.2) is 24.3 Å². The molecule has 1 fully saturated rings. The number of rotatable bonds is 6. The molecular formula is C16H22ClNO2S. The Bertz CT molecular complexity index is 475. The van der Waals surface area contributed by atoms with Gasteiger partial charge >= 0.3 is 0 Å². The van der Waals surface area contributed by atoms with Crippen LogP contribution in [0.4, 0.5) is 0 Å². The summed E-state index contributed by atoms with van der Waals surface area (Å²) in [6, 6.07) is 7.65. The number of benzene rings is 1. The Hall–Kier alpha value is -0.710. The van der Waals surface area contributed by atoms with Gasteiger partial charge in [-0.1, -0.05) is 23.7 Å². The number of amides is 1. The van der Waals surface area contributed by atoms with Crippen LogP contribution in [0.1, 0.15) is 24.8 Å². The smallest absolute Gasteiger partial charge is 0.220 e. The number of carbonyl (C=O) groups excluding carboxylic acids is 1. The maximum Gasteiger partial charge on any atom is 0.220 e. The highest BCUT2D eigenvalue weighted by molar-refractivity contribution is 7.99. The molecule has 0 radical (unpaired) electrons. The van der Waals surface area contributed by atoms with Crippen molar-refractivity contribution in [2.75, 3.05) is 25.2 Å². The minimum atomic E-state index is -0.170. The largest absolute Gasteiger partial charge is 0.376 e. The van der Waals surface area contributed by atoms with Gasteiger partial charge in [0.1, 0.15) is 0 Å². The Kier molecular flexibility index (Phi) is 6.40. The number of thioether (sulfide) groups is 1. The molecule has 5 heteroatoms. The molecule has 1 aromatic carbocycles. The van der Waals surface area contributed by atoms with Crippen LogP contribution in [0.3, 0.4) is 0 Å². The Labute approximate surface area is 135 Å². The van der Waals surface area contributed by atoms with Crippen molar-refractivity contribution in [3.63, 3.8) is 0 Å². The Morgan fingerprint density at radius 1 is 1.43 bits per heavy atom. The van der Waals surface area contributed by atoms with Crippen molar-refractivity contribution in [3.8, 4) is 0 Å². The van der Waals surface area contributed by atoms with Crippen LogP contribution in [0.2, 0.25) is 5.02 Å². The van der Waals surface area contributed by atoms with Gasteiger partial charge in [0.05, 0.1) is 5.60 Å². The fourth-order valence-corrected chi connectivity index (χ4v) is 3.94. The first-order valence-electron chi connectivity index (χ1n) is 7.28. The third-order valence-corrected chi connectivity index (χ3v) is 5.20. The molecule has 1 aromatic rings. The molecule has 0 atom stereocenters. The lowest BCUT2D eigenvalue weighted by molar-refractivity contribution is -0.122. The zero-order valence-electron chi connectivity index (χ0n) is 12.4. The van der Waals surface area contributed by atoms with Crippen molar-refractivity contribution in [2.24, 2.45) is 0 Å². The lowest BCUT2D eigenvalue weighted by Gasteiger charge is -2.35. The van der Waals surface area contributed by atoms with Crippen LogP contribution in [0, 0.1) is 0 Å². The van der Waals surface area contributed by atoms with E-state index in [1.807, 2.05) is 36.0 Å². The topological polar surface area (TPSA) is 38.3 Å². The van der Waals surface area contributed by atoms with Gasteiger partial charge in [-0.3, -0.25) is 4.79 Å². The van der Waals surface area contributed by atoms with E-state index in [0.717, 1.165) is 29.9 Å². The number of ether oxygens (including phenoxy) is 1. The molecule has 0 spiro atoms. The van der Waals surface area contributed by atoms with Crippen molar-refractivity contribution in [1.82, 2.24) is 5.32 Å². The van der Waals surface area contributed by atoms with Crippen LogP contribution in [0.25, 0.3) is 0 Å². The average molecular weight is 328 g/mol. The van der Waals surface area contributed by atoms with Gasteiger partial charge in [-0.15, -0.1) is 0 Å². The Morgan fingerprint density at radius 2 is 2.19 bits per heavy atom. The molecule has 116 valence electrons. The van der Waals surface area contributed by atoms with E-state index in [2.05, 4.69) is 5.32 Å². The molecule has 1 amide bonds. The van der Waals surface area contributed by atoms with Gasteiger partial charge in [0.2, 0.25) is 5.91 Å². The van der Waals surface area contributed by atoms with Gasteiger partial charge in [-0.25, -0.2) is 0 Å². The zero-order chi connectivity index (χ0) is 15.1. The van der Waals surface area contributed by atoms with Gasteiger partial charge in [0, 0.05) is 25.1 Å². The van der Waals surface area contributed by atoms with Crippen molar-refractivity contribution in [1.29, 1.82) is 0 Å². The minimum absolute atomic E-state index is 0.0737. The molecule has 2 rings (SSSR count). The summed E-state index contributed by atoms with van der Waals surface area (Å²) >= 11 is 7.89. The van der Waals surface area contributed by atoms with E-state index in [0.29, 0.717) is 24.4 Å². The van der Waals surface area contributed by atoms with E-state index < -0.39 is 0 Å². The Balaban J connectivity index is 1.76. The molecule has 0 aromatic heterocycles. The SMILES string of the molecule is COC1(CNC(=O)CCc2cccc(Cl)c2)CCSCC1. The third-order valence-electron chi connectivity index (χ3n) is 3.97. The van der Waals surface area contributed by atoms with Gasteiger partial charge < -0.3 is 10.1 Å². The summed E-state index contributed by atoms with van der Waals surface area (Å²) in [4.78, 5) is 12.0. The first-order chi connectivity index (χ1) is 10.1. The molecule has 1 N–H and O–H groups in total. The van der Waals surface area contributed by atoms with Crippen LogP contribution < -0.4 is 5.32 Å². The average Bonchev–Trinajstić information content (AvgIpc) is 2.52. The lowest BCUT2D eigenvalue weighted by atomic mass is 9.96. The molecule has 1 aliphatic rings. The highest BCUT2D eigenvalue weighted by Crippen LogP contribution is 2.29. The molecule has 1 aliphatic heterocycles. The second-order valence-electron chi connectivity index (χ2n) is 5.41. The summed E-state index contributed by atoms with van der Waals surface area (Å²) in [6.07, 6.45) is 3.20. The minimum Gasteiger partial charge on any atom is -0.376 e. The summed E-state index contributed by atoms with van der Waals surface area (Å²) in [6.45, 7) is 0.610. The second-order valence-corrected chi connectivity index (χ2v) is 7.07. The lowest BCUT2D eigenvalue weighted by Crippen LogP contribution is -2.46. The van der Waals surface area contributed by atoms with Crippen LogP contribution in [-0.2, 0) is 16.0 Å². The summed E-state index contributed by atoms with van der Waals surface area (Å²) < 4.78 is 5.66. The molecule has 0 bridgehead atoms. The number of hydrogen-bond donors (Lipinski definition) is 1. The number of aryl methyl sites for hydroxylation is 1. The molecule has 3 nitrogen and oxygen atoms in total. The fraction of sp³-hybridized carbons (Fsp3) is 0.562. The van der Waals surface area contributed by atoms with Crippen molar-refractivity contribution < 1.29 is 9.53 Å². The van der Waals surface area contributed by atoms with Gasteiger partial charge in [0.25, 0.3) is 0 Å². The van der Waals surface area contributed by atoms with E-state index in [4.69, 9.17) is 16.3 Å². The first-order valence-corrected chi connectivity index (χ1v) is 8.81. The van der Waals surface area contributed by atoms with Crippen LogP contribution in [-0.4, -0.2) is 36.7 Å². The van der Waals surface area contributed by atoms with E-state index in [9.17, 15) is 4.79 Å². The molecule has 0 saturated carbocycles. The predicted octanol–water partition coefficient (Wildman–Crippen LogP) is 3.30. The summed E-state index contributed by atoms with van der Waals surface area (Å²) in [5, 5.41) is 3.74. The third kappa shape index (κ3) is 5.20. The van der Waals surface area contributed by atoms with Crippen molar-refractivity contribution in [2.45, 2.75) is 31.3 Å². The Morgan fingerprint density at radius 3 is 2.86 bits per heavy atom. The molecule has 0 aliphatic carbocycles. The van der Waals surface area contributed by atoms with Crippen LogP contribution >= 0.6 is 23.4 Å². The number of nitrogens with one attached hydrogen (secondary N) is 1. The number of carbonyl (C=O) groups is 1. The van der Waals surface area contributed by atoms with E-state index in [1.165, 1.54) is 0 Å². The fourth-order valence-electron chi connectivity index (χ4n) is 2.49. The zero-order valence-corrected chi connectivity index (χ0v) is 13.9. The van der Waals surface area contributed by atoms with Crippen molar-refractivity contribution >= 4 is 29.3 Å². The molecule has 21 heavy (non-hydrogen) atoms. The molecule has 0 unspecified atom stereocenters. The second kappa shape index (κ2) is 8.06. The number of halogens is 1. The summed E-state index contributed by atoms with van der Waals surface area (Å²) in [7, 11) is 1.74. The maximum absolute atomic E-state index is 12.0. The van der Waals surface area contributed by atoms with Gasteiger partial charge in [-0.2, -0.15) is 11.8 Å². The number of hydrogen-bond acceptors (Lipinski definition) is 3. The molecular weight excluding hydrogens is 306 g/mol. The summed E-state index contributed by atoms with van der Waals surface area (Å²) in [5.74, 6) is 2.28. The van der Waals surface area contributed by atoms with E-state index in [-0.39, 0.29) is 11.5 Å². The predicted molar refractivity (Wildman–Crippen MR) is 89.1 cm³/mol. The maximum atomic E-state index is 12.0. The van der Waals surface area contributed by atoms with E-state index in [1.54, 1.807) is 7.11 Å². The molecule has 1 heterocycles. The number of methoxy groups -OCH3 is 1. The molecule has 1 saturated heterocycles. The normalized spacial score (nSPS) is 17.4.